The van der Waals surface area contributed by atoms with Gasteiger partial charge in [-0.05, 0) is 0 Å². The van der Waals surface area contributed by atoms with Gasteiger partial charge in [-0.2, -0.15) is 0 Å². The van der Waals surface area contributed by atoms with Crippen LogP contribution in [0, 0.1) is 0 Å². The lowest BCUT2D eigenvalue weighted by Gasteiger charge is -1.96. The van der Waals surface area contributed by atoms with Gasteiger partial charge in [-0.1, -0.05) is 0 Å². The Morgan fingerprint density at radius 2 is 2.17 bits per heavy atom. The number of aliphatic hydroxyl groups excluding tert-OH is 3. The van der Waals surface area contributed by atoms with Crippen molar-refractivity contribution in [2.75, 3.05) is 13.2 Å². The highest BCUT2D eigenvalue weighted by Crippen LogP contribution is 1.71. The van der Waals surface area contributed by atoms with Gasteiger partial charge in [-0.15, -0.1) is 0 Å². The predicted octanol–water partition coefficient (Wildman–Crippen LogP) is -1.67. The molecule has 0 saturated heterocycles. The van der Waals surface area contributed by atoms with E-state index in [1.54, 1.807) is 0 Å². The molecule has 2 atom stereocenters. The maximum absolute atomic E-state index is 8.25. The summed E-state index contributed by atoms with van der Waals surface area (Å²) in [4.78, 5) is 0. The van der Waals surface area contributed by atoms with Crippen molar-refractivity contribution in [1.82, 2.24) is 0 Å². The van der Waals surface area contributed by atoms with Gasteiger partial charge >= 0.3 is 0 Å². The molecular formula is C3H8O3. The van der Waals surface area contributed by atoms with E-state index in [-0.39, 0.29) is 0 Å². The van der Waals surface area contributed by atoms with Gasteiger partial charge in [-0.25, -0.2) is 0 Å². The smallest absolute Gasteiger partial charge is 0.100 e. The van der Waals surface area contributed by atoms with Crippen LogP contribution in [0.25, 0.3) is 0 Å². The minimum atomic E-state index is -1.58. The maximum Gasteiger partial charge on any atom is 0.100 e. The first-order valence-corrected chi connectivity index (χ1v) is 1.57. The number of aliphatic hydroxyl groups is 3. The van der Waals surface area contributed by atoms with Crippen molar-refractivity contribution in [2.24, 2.45) is 0 Å². The summed E-state index contributed by atoms with van der Waals surface area (Å²) in [6, 6.07) is 0. The van der Waals surface area contributed by atoms with Crippen LogP contribution in [-0.4, -0.2) is 34.6 Å². The summed E-state index contributed by atoms with van der Waals surface area (Å²) in [5, 5.41) is 24.3. The largest absolute Gasteiger partial charge is 0.394 e. The van der Waals surface area contributed by atoms with E-state index >= 15 is 0 Å². The topological polar surface area (TPSA) is 60.7 Å². The highest BCUT2D eigenvalue weighted by atomic mass is 16.3. The van der Waals surface area contributed by atoms with Crippen molar-refractivity contribution in [3.05, 3.63) is 0 Å². The van der Waals surface area contributed by atoms with Crippen molar-refractivity contribution in [1.29, 1.82) is 0 Å². The van der Waals surface area contributed by atoms with Crippen molar-refractivity contribution >= 4 is 0 Å². The van der Waals surface area contributed by atoms with Crippen LogP contribution in [0.15, 0.2) is 0 Å². The maximum atomic E-state index is 8.25. The third-order valence-corrected chi connectivity index (χ3v) is 0.359. The minimum absolute atomic E-state index is 0.565. The van der Waals surface area contributed by atoms with Crippen LogP contribution in [0.4, 0.5) is 0 Å². The zero-order valence-electron chi connectivity index (χ0n) is 4.20. The number of hydrogen-bond donors (Lipinski definition) is 3. The molecule has 2 unspecified atom stereocenters. The number of rotatable bonds is 2. The lowest BCUT2D eigenvalue weighted by atomic mass is 10.4. The molecule has 0 aromatic rings. The Balaban J connectivity index is 3.14. The van der Waals surface area contributed by atoms with Gasteiger partial charge < -0.3 is 15.3 Å². The summed E-state index contributed by atoms with van der Waals surface area (Å²) in [5.74, 6) is 0. The molecule has 0 fully saturated rings. The molecule has 3 heteroatoms. The van der Waals surface area contributed by atoms with E-state index in [0.29, 0.717) is 0 Å². The highest BCUT2D eigenvalue weighted by molar-refractivity contribution is 4.43. The molecule has 6 heavy (non-hydrogen) atoms. The van der Waals surface area contributed by atoms with E-state index < -0.39 is 19.3 Å². The normalized spacial score (nSPS) is 22.2. The van der Waals surface area contributed by atoms with Crippen molar-refractivity contribution in [3.63, 3.8) is 0 Å². The molecule has 0 spiro atoms. The van der Waals surface area contributed by atoms with Crippen LogP contribution >= 0.6 is 0 Å². The van der Waals surface area contributed by atoms with Crippen LogP contribution < -0.4 is 0 Å². The summed E-state index contributed by atoms with van der Waals surface area (Å²) in [6.07, 6.45) is -1.32. The second-order valence-electron chi connectivity index (χ2n) is 0.899. The van der Waals surface area contributed by atoms with Gasteiger partial charge in [0.15, 0.2) is 0 Å². The summed E-state index contributed by atoms with van der Waals surface area (Å²) >= 11 is 0. The third kappa shape index (κ3) is 2.14. The fourth-order valence-corrected chi connectivity index (χ4v) is 0.0471. The zero-order valence-corrected chi connectivity index (χ0v) is 3.20. The molecule has 0 aliphatic heterocycles. The minimum Gasteiger partial charge on any atom is -0.394 e. The van der Waals surface area contributed by atoms with Gasteiger partial charge in [-0.3, -0.25) is 0 Å². The predicted molar refractivity (Wildman–Crippen MR) is 20.2 cm³/mol. The summed E-state index contributed by atoms with van der Waals surface area (Å²) in [6.45, 7) is -2.14. The van der Waals surface area contributed by atoms with Crippen LogP contribution in [0.2, 0.25) is 0 Å². The molecule has 0 heterocycles. The Morgan fingerprint density at radius 3 is 2.17 bits per heavy atom. The monoisotopic (exact) mass is 94.1 g/mol. The average molecular weight is 94.1 g/mol. The van der Waals surface area contributed by atoms with E-state index in [1.165, 1.54) is 0 Å². The first-order chi connectivity index (χ1) is 3.18. The molecule has 38 valence electrons. The van der Waals surface area contributed by atoms with E-state index in [0.717, 1.165) is 0 Å². The van der Waals surface area contributed by atoms with Crippen molar-refractivity contribution < 1.29 is 16.7 Å². The molecule has 0 aromatic heterocycles. The van der Waals surface area contributed by atoms with Gasteiger partial charge in [0.2, 0.25) is 0 Å². The van der Waals surface area contributed by atoms with Gasteiger partial charge in [0.05, 0.1) is 14.6 Å². The zero-order chi connectivity index (χ0) is 5.86. The Hall–Kier alpha value is -0.120. The van der Waals surface area contributed by atoms with Gasteiger partial charge in [0, 0.05) is 0 Å². The molecule has 0 saturated carbocycles. The van der Waals surface area contributed by atoms with E-state index in [9.17, 15) is 0 Å². The summed E-state index contributed by atoms with van der Waals surface area (Å²) in [7, 11) is 0. The fraction of sp³-hybridized carbons (Fsp3) is 1.00. The average Bonchev–Trinajstić information content (AvgIpc) is 1.65. The standard InChI is InChI=1S/C3H8O3/c4-1-3(6)2-5/h3-6H,1-2H2/i1T. The second-order valence-corrected chi connectivity index (χ2v) is 0.899. The van der Waals surface area contributed by atoms with Crippen LogP contribution in [-0.2, 0) is 0 Å². The molecule has 0 aliphatic carbocycles. The summed E-state index contributed by atoms with van der Waals surface area (Å²) < 4.78 is 6.33. The lowest BCUT2D eigenvalue weighted by molar-refractivity contribution is 0.0450. The molecule has 0 radical (unpaired) electrons. The van der Waals surface area contributed by atoms with E-state index in [2.05, 4.69) is 0 Å². The Bertz CT molecular complexity index is 47.4. The molecule has 0 aliphatic rings. The highest BCUT2D eigenvalue weighted by Gasteiger charge is 1.93. The first kappa shape index (κ1) is 4.05. The van der Waals surface area contributed by atoms with Crippen LogP contribution in [0.1, 0.15) is 1.37 Å². The molecule has 0 bridgehead atoms. The van der Waals surface area contributed by atoms with Crippen LogP contribution in [0.3, 0.4) is 0 Å². The van der Waals surface area contributed by atoms with E-state index in [1.807, 2.05) is 0 Å². The second kappa shape index (κ2) is 3.08. The van der Waals surface area contributed by atoms with Crippen LogP contribution in [0.5, 0.6) is 0 Å². The molecule has 0 aromatic carbocycles. The lowest BCUT2D eigenvalue weighted by Crippen LogP contribution is -2.15. The Morgan fingerprint density at radius 1 is 1.67 bits per heavy atom. The number of hydrogen-bond acceptors (Lipinski definition) is 3. The van der Waals surface area contributed by atoms with Crippen molar-refractivity contribution in [2.45, 2.75) is 6.10 Å². The van der Waals surface area contributed by atoms with E-state index in [4.69, 9.17) is 16.7 Å². The first-order valence-electron chi connectivity index (χ1n) is 2.15. The van der Waals surface area contributed by atoms with Crippen molar-refractivity contribution in [3.8, 4) is 0 Å². The quantitative estimate of drug-likeness (QED) is 0.383. The van der Waals surface area contributed by atoms with Gasteiger partial charge in [0.1, 0.15) is 6.10 Å². The molecular weight excluding hydrogens is 84.0 g/mol. The summed E-state index contributed by atoms with van der Waals surface area (Å²) in [5.41, 5.74) is 0. The fourth-order valence-electron chi connectivity index (χ4n) is 0.0471. The third-order valence-electron chi connectivity index (χ3n) is 0.359. The Kier molecular flexibility index (Phi) is 2.08. The molecule has 0 rings (SSSR count). The molecule has 3 N–H and O–H groups in total. The molecule has 3 nitrogen and oxygen atoms in total. The molecule has 0 amide bonds. The Labute approximate surface area is 37.3 Å². The SMILES string of the molecule is [3H]C(O)C(O)CO. The van der Waals surface area contributed by atoms with Gasteiger partial charge in [0.25, 0.3) is 0 Å².